The summed E-state index contributed by atoms with van der Waals surface area (Å²) in [5, 5.41) is 0. The molecule has 0 aromatic heterocycles. The van der Waals surface area contributed by atoms with E-state index in [2.05, 4.69) is 4.90 Å². The smallest absolute Gasteiger partial charge is 0.0606 e. The van der Waals surface area contributed by atoms with Crippen molar-refractivity contribution in [2.45, 2.75) is 89.2 Å². The SMILES string of the molecule is C1CCN2CC3C(CCC4C3C[C@]35CO[C@@H]6CCCC3C6CCC45)CC2C1. The lowest BCUT2D eigenvalue weighted by Crippen LogP contribution is -2.57. The molecule has 0 amide bonds. The summed E-state index contributed by atoms with van der Waals surface area (Å²) in [6.45, 7) is 4.03. The maximum absolute atomic E-state index is 6.64. The summed E-state index contributed by atoms with van der Waals surface area (Å²) in [6.07, 6.45) is 18.8. The first-order chi connectivity index (χ1) is 13.3. The molecule has 2 heteroatoms. The average molecular weight is 370 g/mol. The van der Waals surface area contributed by atoms with Gasteiger partial charge in [-0.25, -0.2) is 0 Å². The van der Waals surface area contributed by atoms with Crippen LogP contribution in [0.1, 0.15) is 77.0 Å². The summed E-state index contributed by atoms with van der Waals surface area (Å²) in [4.78, 5) is 2.95. The van der Waals surface area contributed by atoms with E-state index in [9.17, 15) is 0 Å². The predicted molar refractivity (Wildman–Crippen MR) is 107 cm³/mol. The zero-order chi connectivity index (χ0) is 17.6. The van der Waals surface area contributed by atoms with Crippen LogP contribution >= 0.6 is 0 Å². The Morgan fingerprint density at radius 2 is 1.67 bits per heavy atom. The van der Waals surface area contributed by atoms with Crippen LogP contribution in [0.3, 0.4) is 0 Å². The van der Waals surface area contributed by atoms with Gasteiger partial charge in [-0.1, -0.05) is 12.8 Å². The van der Waals surface area contributed by atoms with E-state index < -0.39 is 0 Å². The van der Waals surface area contributed by atoms with Crippen LogP contribution in [-0.2, 0) is 4.74 Å². The van der Waals surface area contributed by atoms with E-state index in [1.807, 2.05) is 0 Å². The number of hydrogen-bond donors (Lipinski definition) is 0. The van der Waals surface area contributed by atoms with Crippen LogP contribution < -0.4 is 0 Å². The van der Waals surface area contributed by atoms with E-state index in [1.54, 1.807) is 38.5 Å². The van der Waals surface area contributed by atoms with Crippen LogP contribution in [0.4, 0.5) is 0 Å². The third-order valence-electron chi connectivity index (χ3n) is 11.3. The number of hydrogen-bond acceptors (Lipinski definition) is 2. The van der Waals surface area contributed by atoms with Crippen molar-refractivity contribution in [3.8, 4) is 0 Å². The summed E-state index contributed by atoms with van der Waals surface area (Å²) in [5.74, 6) is 7.24. The number of rotatable bonds is 0. The van der Waals surface area contributed by atoms with E-state index in [0.717, 1.165) is 54.1 Å². The number of nitrogens with zero attached hydrogens (tertiary/aromatic N) is 1. The second-order valence-corrected chi connectivity index (χ2v) is 11.9. The molecule has 0 radical (unpaired) electrons. The number of fused-ring (bicyclic) bond motifs is 5. The first kappa shape index (κ1) is 16.7. The highest BCUT2D eigenvalue weighted by Crippen LogP contribution is 2.70. The van der Waals surface area contributed by atoms with Crippen LogP contribution in [0.5, 0.6) is 0 Å². The van der Waals surface area contributed by atoms with Gasteiger partial charge in [-0.05, 0) is 112 Å². The molecule has 3 heterocycles. The van der Waals surface area contributed by atoms with E-state index in [1.165, 1.54) is 51.6 Å². The van der Waals surface area contributed by atoms with Crippen molar-refractivity contribution in [1.29, 1.82) is 0 Å². The van der Waals surface area contributed by atoms with Crippen molar-refractivity contribution in [2.75, 3.05) is 19.7 Å². The largest absolute Gasteiger partial charge is 0.377 e. The molecule has 8 unspecified atom stereocenters. The van der Waals surface area contributed by atoms with Crippen molar-refractivity contribution >= 4 is 0 Å². The number of piperidine rings is 2. The molecule has 7 aliphatic rings. The second-order valence-electron chi connectivity index (χ2n) is 11.9. The molecule has 4 saturated carbocycles. The van der Waals surface area contributed by atoms with Crippen molar-refractivity contribution in [3.05, 3.63) is 0 Å². The molecule has 0 aromatic carbocycles. The molecule has 150 valence electrons. The van der Waals surface area contributed by atoms with Gasteiger partial charge in [-0.3, -0.25) is 0 Å². The maximum atomic E-state index is 6.64. The summed E-state index contributed by atoms with van der Waals surface area (Å²) in [7, 11) is 0. The van der Waals surface area contributed by atoms with Crippen LogP contribution in [0.2, 0.25) is 0 Å². The normalized spacial score (nSPS) is 59.3. The highest BCUT2D eigenvalue weighted by molar-refractivity contribution is 5.14. The standard InChI is InChI=1S/C25H39NO/c1-2-11-26-14-21-16(12-17(26)4-1)7-8-18-20(21)13-25-15-27-24-6-3-5-22(25)19(24)9-10-23(18)25/h16-24H,1-15H2/t16?,17?,18?,19?,20?,21?,22?,23?,24-,25+/m1/s1. The first-order valence-electron chi connectivity index (χ1n) is 12.7. The van der Waals surface area contributed by atoms with Crippen molar-refractivity contribution < 1.29 is 4.74 Å². The summed E-state index contributed by atoms with van der Waals surface area (Å²) in [6, 6.07) is 0.958. The fourth-order valence-electron chi connectivity index (χ4n) is 10.5. The van der Waals surface area contributed by atoms with Crippen molar-refractivity contribution in [2.24, 2.45) is 46.8 Å². The molecule has 7 rings (SSSR count). The number of ether oxygens (including phenoxy) is 1. The molecular weight excluding hydrogens is 330 g/mol. The van der Waals surface area contributed by atoms with E-state index in [-0.39, 0.29) is 0 Å². The molecule has 4 bridgehead atoms. The molecule has 0 aromatic rings. The Morgan fingerprint density at radius 3 is 2.67 bits per heavy atom. The molecule has 3 aliphatic heterocycles. The zero-order valence-electron chi connectivity index (χ0n) is 17.2. The van der Waals surface area contributed by atoms with Crippen LogP contribution in [0.25, 0.3) is 0 Å². The van der Waals surface area contributed by atoms with Crippen molar-refractivity contribution in [3.63, 3.8) is 0 Å². The highest BCUT2D eigenvalue weighted by Gasteiger charge is 2.66. The Morgan fingerprint density at radius 1 is 0.741 bits per heavy atom. The average Bonchev–Trinajstić information content (AvgIpc) is 3.03. The second kappa shape index (κ2) is 5.97. The van der Waals surface area contributed by atoms with E-state index in [0.29, 0.717) is 11.5 Å². The molecule has 2 nitrogen and oxygen atoms in total. The third kappa shape index (κ3) is 2.21. The Hall–Kier alpha value is -0.0800. The minimum Gasteiger partial charge on any atom is -0.377 e. The lowest BCUT2D eigenvalue weighted by Gasteiger charge is -2.59. The van der Waals surface area contributed by atoms with E-state index in [4.69, 9.17) is 4.74 Å². The Balaban J connectivity index is 1.21. The van der Waals surface area contributed by atoms with Crippen LogP contribution in [0, 0.1) is 46.8 Å². The summed E-state index contributed by atoms with van der Waals surface area (Å²) < 4.78 is 6.64. The van der Waals surface area contributed by atoms with Gasteiger partial charge in [0, 0.05) is 18.0 Å². The Labute approximate surface area is 165 Å². The fourth-order valence-corrected chi connectivity index (χ4v) is 10.5. The maximum Gasteiger partial charge on any atom is 0.0606 e. The van der Waals surface area contributed by atoms with Gasteiger partial charge < -0.3 is 9.64 Å². The third-order valence-corrected chi connectivity index (χ3v) is 11.3. The first-order valence-corrected chi connectivity index (χ1v) is 12.7. The predicted octanol–water partition coefficient (Wildman–Crippen LogP) is 5.12. The molecule has 4 aliphatic carbocycles. The fraction of sp³-hybridized carbons (Fsp3) is 1.00. The lowest BCUT2D eigenvalue weighted by molar-refractivity contribution is -0.202. The van der Waals surface area contributed by atoms with Crippen LogP contribution in [-0.4, -0.2) is 36.7 Å². The molecular formula is C25H39NO. The van der Waals surface area contributed by atoms with Gasteiger partial charge in [0.25, 0.3) is 0 Å². The molecule has 7 fully saturated rings. The Kier molecular flexibility index (Phi) is 3.69. The minimum atomic E-state index is 0.614. The quantitative estimate of drug-likeness (QED) is 0.588. The molecule has 10 atom stereocenters. The van der Waals surface area contributed by atoms with E-state index >= 15 is 0 Å². The Bertz CT molecular complexity index is 605. The van der Waals surface area contributed by atoms with Gasteiger partial charge in [-0.2, -0.15) is 0 Å². The lowest BCUT2D eigenvalue weighted by atomic mass is 9.51. The van der Waals surface area contributed by atoms with Gasteiger partial charge >= 0.3 is 0 Å². The van der Waals surface area contributed by atoms with Gasteiger partial charge in [0.05, 0.1) is 12.7 Å². The molecule has 3 saturated heterocycles. The zero-order valence-corrected chi connectivity index (χ0v) is 17.2. The molecule has 1 spiro atoms. The monoisotopic (exact) mass is 369 g/mol. The van der Waals surface area contributed by atoms with Gasteiger partial charge in [0.1, 0.15) is 0 Å². The summed E-state index contributed by atoms with van der Waals surface area (Å²) >= 11 is 0. The molecule has 0 N–H and O–H groups in total. The van der Waals surface area contributed by atoms with Gasteiger partial charge in [-0.15, -0.1) is 0 Å². The molecule has 27 heavy (non-hydrogen) atoms. The van der Waals surface area contributed by atoms with Gasteiger partial charge in [0.15, 0.2) is 0 Å². The van der Waals surface area contributed by atoms with Gasteiger partial charge in [0.2, 0.25) is 0 Å². The highest BCUT2D eigenvalue weighted by atomic mass is 16.5. The van der Waals surface area contributed by atoms with Crippen LogP contribution in [0.15, 0.2) is 0 Å². The van der Waals surface area contributed by atoms with Crippen molar-refractivity contribution in [1.82, 2.24) is 4.90 Å². The summed E-state index contributed by atoms with van der Waals surface area (Å²) in [5.41, 5.74) is 0.614. The minimum absolute atomic E-state index is 0.614. The topological polar surface area (TPSA) is 12.5 Å².